The second-order valence-electron chi connectivity index (χ2n) is 4.20. The number of rotatable bonds is 1. The highest BCUT2D eigenvalue weighted by atomic mass is 32.2. The van der Waals surface area contributed by atoms with Crippen LogP contribution in [0.3, 0.4) is 0 Å². The van der Waals surface area contributed by atoms with Crippen LogP contribution in [0.4, 0.5) is 0 Å². The Kier molecular flexibility index (Phi) is 2.36. The summed E-state index contributed by atoms with van der Waals surface area (Å²) in [5, 5.41) is -0.120. The van der Waals surface area contributed by atoms with Crippen molar-refractivity contribution in [3.8, 4) is 0 Å². The quantitative estimate of drug-likeness (QED) is 0.628. The molecule has 0 aromatic heterocycles. The van der Waals surface area contributed by atoms with Gasteiger partial charge in [0.25, 0.3) is 0 Å². The van der Waals surface area contributed by atoms with Crippen molar-refractivity contribution in [2.24, 2.45) is 0 Å². The molecule has 2 aliphatic heterocycles. The van der Waals surface area contributed by atoms with Gasteiger partial charge in [-0.15, -0.1) is 0 Å². The Morgan fingerprint density at radius 1 is 1.15 bits per heavy atom. The van der Waals surface area contributed by atoms with Gasteiger partial charge in [0.2, 0.25) is 0 Å². The molecule has 0 radical (unpaired) electrons. The van der Waals surface area contributed by atoms with Crippen molar-refractivity contribution in [3.05, 3.63) is 0 Å². The molecule has 76 valence electrons. The number of sulfone groups is 1. The predicted octanol–water partition coefficient (Wildman–Crippen LogP) is 0.658. The number of hydrogen-bond donors (Lipinski definition) is 0. The van der Waals surface area contributed by atoms with E-state index in [1.165, 1.54) is 19.3 Å². The van der Waals surface area contributed by atoms with Gasteiger partial charge in [-0.2, -0.15) is 0 Å². The van der Waals surface area contributed by atoms with Gasteiger partial charge in [0, 0.05) is 6.04 Å². The summed E-state index contributed by atoms with van der Waals surface area (Å²) >= 11 is 0. The lowest BCUT2D eigenvalue weighted by Gasteiger charge is -2.43. The summed E-state index contributed by atoms with van der Waals surface area (Å²) in [5.41, 5.74) is 0. The lowest BCUT2D eigenvalue weighted by atomic mass is 10.1. The zero-order valence-electron chi connectivity index (χ0n) is 8.07. The van der Waals surface area contributed by atoms with Gasteiger partial charge in [-0.3, -0.25) is 4.90 Å². The third-order valence-electron chi connectivity index (χ3n) is 3.37. The van der Waals surface area contributed by atoms with Crippen LogP contribution < -0.4 is 0 Å². The standard InChI is InChI=1S/C9H17NO2S/c1-8-9(7-13(8,11)12)10-5-3-2-4-6-10/h8-9H,2-7H2,1H3/t8-,9-/m0/s1. The average Bonchev–Trinajstić information content (AvgIpc) is 2.15. The van der Waals surface area contributed by atoms with Crippen molar-refractivity contribution >= 4 is 9.84 Å². The van der Waals surface area contributed by atoms with Crippen LogP contribution in [0.5, 0.6) is 0 Å². The van der Waals surface area contributed by atoms with E-state index >= 15 is 0 Å². The van der Waals surface area contributed by atoms with Crippen LogP contribution in [-0.4, -0.2) is 43.5 Å². The van der Waals surface area contributed by atoms with Crippen LogP contribution in [0, 0.1) is 0 Å². The van der Waals surface area contributed by atoms with E-state index in [1.54, 1.807) is 0 Å². The van der Waals surface area contributed by atoms with E-state index in [-0.39, 0.29) is 5.25 Å². The van der Waals surface area contributed by atoms with E-state index in [4.69, 9.17) is 0 Å². The van der Waals surface area contributed by atoms with Crippen LogP contribution in [0.2, 0.25) is 0 Å². The molecule has 0 aromatic carbocycles. The third-order valence-corrected chi connectivity index (χ3v) is 5.62. The van der Waals surface area contributed by atoms with Crippen LogP contribution in [0.25, 0.3) is 0 Å². The molecule has 0 aromatic rings. The smallest absolute Gasteiger partial charge is 0.156 e. The first-order chi connectivity index (χ1) is 6.11. The van der Waals surface area contributed by atoms with E-state index in [2.05, 4.69) is 4.90 Å². The molecule has 4 heteroatoms. The number of nitrogens with zero attached hydrogens (tertiary/aromatic N) is 1. The first kappa shape index (κ1) is 9.46. The van der Waals surface area contributed by atoms with Gasteiger partial charge >= 0.3 is 0 Å². The normalized spacial score (nSPS) is 39.8. The van der Waals surface area contributed by atoms with Crippen molar-refractivity contribution in [1.82, 2.24) is 4.90 Å². The Morgan fingerprint density at radius 3 is 2.23 bits per heavy atom. The van der Waals surface area contributed by atoms with E-state index in [0.29, 0.717) is 11.8 Å². The summed E-state index contributed by atoms with van der Waals surface area (Å²) in [7, 11) is -2.70. The molecule has 0 amide bonds. The number of hydrogen-bond acceptors (Lipinski definition) is 3. The molecule has 0 bridgehead atoms. The Hall–Kier alpha value is -0.0900. The largest absolute Gasteiger partial charge is 0.298 e. The summed E-state index contributed by atoms with van der Waals surface area (Å²) in [4.78, 5) is 2.36. The van der Waals surface area contributed by atoms with E-state index in [9.17, 15) is 8.42 Å². The highest BCUT2D eigenvalue weighted by molar-refractivity contribution is 7.93. The van der Waals surface area contributed by atoms with Crippen LogP contribution in [0.15, 0.2) is 0 Å². The molecule has 0 unspecified atom stereocenters. The fourth-order valence-corrected chi connectivity index (χ4v) is 3.96. The van der Waals surface area contributed by atoms with Crippen molar-refractivity contribution < 1.29 is 8.42 Å². The zero-order chi connectivity index (χ0) is 9.47. The van der Waals surface area contributed by atoms with Gasteiger partial charge < -0.3 is 0 Å². The monoisotopic (exact) mass is 203 g/mol. The molecule has 3 nitrogen and oxygen atoms in total. The Morgan fingerprint density at radius 2 is 1.77 bits per heavy atom. The lowest BCUT2D eigenvalue weighted by molar-refractivity contribution is 0.161. The molecule has 0 N–H and O–H groups in total. The van der Waals surface area contributed by atoms with Gasteiger partial charge in [0.1, 0.15) is 0 Å². The first-order valence-corrected chi connectivity index (χ1v) is 6.78. The van der Waals surface area contributed by atoms with Crippen molar-refractivity contribution in [1.29, 1.82) is 0 Å². The first-order valence-electron chi connectivity index (χ1n) is 5.07. The maximum Gasteiger partial charge on any atom is 0.156 e. The highest BCUT2D eigenvalue weighted by Crippen LogP contribution is 2.28. The molecule has 0 aliphatic carbocycles. The Balaban J connectivity index is 1.96. The second-order valence-corrected chi connectivity index (χ2v) is 6.60. The fraction of sp³-hybridized carbons (Fsp3) is 1.00. The number of piperidine rings is 1. The van der Waals surface area contributed by atoms with E-state index in [0.717, 1.165) is 13.1 Å². The molecule has 2 aliphatic rings. The highest BCUT2D eigenvalue weighted by Gasteiger charge is 2.45. The van der Waals surface area contributed by atoms with Gasteiger partial charge in [0.15, 0.2) is 9.84 Å². The zero-order valence-corrected chi connectivity index (χ0v) is 8.89. The molecular formula is C9H17NO2S. The fourth-order valence-electron chi connectivity index (χ4n) is 2.29. The molecular weight excluding hydrogens is 186 g/mol. The average molecular weight is 203 g/mol. The molecule has 2 fully saturated rings. The predicted molar refractivity (Wildman–Crippen MR) is 52.5 cm³/mol. The van der Waals surface area contributed by atoms with Crippen molar-refractivity contribution in [2.75, 3.05) is 18.8 Å². The molecule has 0 saturated carbocycles. The summed E-state index contributed by atoms with van der Waals surface area (Å²) in [5.74, 6) is 0.397. The second kappa shape index (κ2) is 3.24. The molecule has 2 rings (SSSR count). The minimum Gasteiger partial charge on any atom is -0.298 e. The maximum atomic E-state index is 11.2. The topological polar surface area (TPSA) is 37.4 Å². The Labute approximate surface area is 80.0 Å². The molecule has 2 atom stereocenters. The maximum absolute atomic E-state index is 11.2. The van der Waals surface area contributed by atoms with Gasteiger partial charge in [-0.25, -0.2) is 8.42 Å². The number of likely N-dealkylation sites (tertiary alicyclic amines) is 1. The molecule has 0 spiro atoms. The van der Waals surface area contributed by atoms with Gasteiger partial charge in [0.05, 0.1) is 11.0 Å². The minimum absolute atomic E-state index is 0.120. The van der Waals surface area contributed by atoms with E-state index in [1.807, 2.05) is 6.92 Å². The van der Waals surface area contributed by atoms with Crippen LogP contribution >= 0.6 is 0 Å². The summed E-state index contributed by atoms with van der Waals surface area (Å²) in [6.45, 7) is 4.05. The van der Waals surface area contributed by atoms with Crippen LogP contribution in [0.1, 0.15) is 26.2 Å². The van der Waals surface area contributed by atoms with Gasteiger partial charge in [-0.05, 0) is 32.9 Å². The molecule has 13 heavy (non-hydrogen) atoms. The Bertz CT molecular complexity index is 280. The summed E-state index contributed by atoms with van der Waals surface area (Å²) in [6, 6.07) is 0.324. The minimum atomic E-state index is -2.70. The van der Waals surface area contributed by atoms with Crippen molar-refractivity contribution in [2.45, 2.75) is 37.5 Å². The van der Waals surface area contributed by atoms with Crippen molar-refractivity contribution in [3.63, 3.8) is 0 Å². The third kappa shape index (κ3) is 1.62. The summed E-state index contributed by atoms with van der Waals surface area (Å²) < 4.78 is 22.5. The lowest BCUT2D eigenvalue weighted by Crippen LogP contribution is -2.60. The molecule has 2 saturated heterocycles. The molecule has 2 heterocycles. The van der Waals surface area contributed by atoms with E-state index < -0.39 is 9.84 Å². The van der Waals surface area contributed by atoms with Crippen LogP contribution in [-0.2, 0) is 9.84 Å². The van der Waals surface area contributed by atoms with Gasteiger partial charge in [-0.1, -0.05) is 6.42 Å². The SMILES string of the molecule is C[C@H]1[C@@H](N2CCCCC2)CS1(=O)=O. The summed E-state index contributed by atoms with van der Waals surface area (Å²) in [6.07, 6.45) is 3.79.